The summed E-state index contributed by atoms with van der Waals surface area (Å²) >= 11 is 0. The minimum atomic E-state index is -0.785. The van der Waals surface area contributed by atoms with Gasteiger partial charge in [-0.15, -0.1) is 0 Å². The number of phenols is 1. The summed E-state index contributed by atoms with van der Waals surface area (Å²) in [4.78, 5) is 21.8. The van der Waals surface area contributed by atoms with Crippen molar-refractivity contribution in [2.45, 2.75) is 6.10 Å². The third-order valence-electron chi connectivity index (χ3n) is 2.56. The Hall–Kier alpha value is -2.19. The predicted molar refractivity (Wildman–Crippen MR) is 63.9 cm³/mol. The van der Waals surface area contributed by atoms with Crippen molar-refractivity contribution in [1.29, 1.82) is 0 Å². The number of anilines is 1. The smallest absolute Gasteiger partial charge is 0.271 e. The van der Waals surface area contributed by atoms with E-state index in [1.54, 1.807) is 0 Å². The van der Waals surface area contributed by atoms with Crippen LogP contribution in [0.3, 0.4) is 0 Å². The molecular weight excluding hydrogens is 256 g/mol. The Morgan fingerprint density at radius 2 is 2.26 bits per heavy atom. The highest BCUT2D eigenvalue weighted by Crippen LogP contribution is 2.28. The largest absolute Gasteiger partial charge is 0.506 e. The maximum absolute atomic E-state index is 11.8. The van der Waals surface area contributed by atoms with Crippen molar-refractivity contribution >= 4 is 17.3 Å². The lowest BCUT2D eigenvalue weighted by Crippen LogP contribution is -2.39. The van der Waals surface area contributed by atoms with Gasteiger partial charge in [0.15, 0.2) is 6.10 Å². The van der Waals surface area contributed by atoms with Gasteiger partial charge in [-0.3, -0.25) is 14.9 Å². The lowest BCUT2D eigenvalue weighted by molar-refractivity contribution is -0.384. The van der Waals surface area contributed by atoms with Crippen LogP contribution in [0.4, 0.5) is 11.4 Å². The van der Waals surface area contributed by atoms with Crippen molar-refractivity contribution in [3.63, 3.8) is 0 Å². The van der Waals surface area contributed by atoms with E-state index in [0.717, 1.165) is 18.2 Å². The molecule has 19 heavy (non-hydrogen) atoms. The number of non-ortho nitro benzene ring substituents is 1. The average Bonchev–Trinajstić information content (AvgIpc) is 2.42. The van der Waals surface area contributed by atoms with E-state index >= 15 is 0 Å². The summed E-state index contributed by atoms with van der Waals surface area (Å²) < 4.78 is 10.3. The lowest BCUT2D eigenvalue weighted by atomic mass is 10.2. The van der Waals surface area contributed by atoms with Gasteiger partial charge in [-0.05, 0) is 6.07 Å². The van der Waals surface area contributed by atoms with E-state index < -0.39 is 16.9 Å². The molecule has 1 aliphatic heterocycles. The first-order chi connectivity index (χ1) is 9.08. The molecule has 0 saturated carbocycles. The van der Waals surface area contributed by atoms with Gasteiger partial charge >= 0.3 is 0 Å². The fourth-order valence-electron chi connectivity index (χ4n) is 1.59. The second kappa shape index (κ2) is 5.63. The minimum Gasteiger partial charge on any atom is -0.506 e. The number of amides is 1. The van der Waals surface area contributed by atoms with Gasteiger partial charge in [-0.1, -0.05) is 0 Å². The Kier molecular flexibility index (Phi) is 3.93. The van der Waals surface area contributed by atoms with Crippen LogP contribution in [-0.2, 0) is 14.3 Å². The molecule has 1 amide bonds. The lowest BCUT2D eigenvalue weighted by Gasteiger charge is -2.22. The molecule has 0 aromatic heterocycles. The molecule has 2 rings (SSSR count). The van der Waals surface area contributed by atoms with E-state index in [-0.39, 0.29) is 23.7 Å². The zero-order valence-electron chi connectivity index (χ0n) is 9.87. The van der Waals surface area contributed by atoms with E-state index in [0.29, 0.717) is 13.2 Å². The van der Waals surface area contributed by atoms with E-state index in [2.05, 4.69) is 5.32 Å². The van der Waals surface area contributed by atoms with E-state index in [4.69, 9.17) is 9.47 Å². The van der Waals surface area contributed by atoms with Crippen molar-refractivity contribution in [3.05, 3.63) is 28.3 Å². The molecule has 1 aromatic carbocycles. The Morgan fingerprint density at radius 1 is 1.47 bits per heavy atom. The van der Waals surface area contributed by atoms with Crippen LogP contribution in [0.2, 0.25) is 0 Å². The van der Waals surface area contributed by atoms with Crippen LogP contribution in [0, 0.1) is 10.1 Å². The summed E-state index contributed by atoms with van der Waals surface area (Å²) in [6.45, 7) is 0.840. The highest BCUT2D eigenvalue weighted by Gasteiger charge is 2.24. The van der Waals surface area contributed by atoms with Crippen LogP contribution in [0.15, 0.2) is 18.2 Å². The third-order valence-corrected chi connectivity index (χ3v) is 2.56. The number of aromatic hydroxyl groups is 1. The number of nitrogens with zero attached hydrogens (tertiary/aromatic N) is 1. The summed E-state index contributed by atoms with van der Waals surface area (Å²) in [5, 5.41) is 22.5. The molecular formula is C11H12N2O6. The summed E-state index contributed by atoms with van der Waals surface area (Å²) in [7, 11) is 0. The summed E-state index contributed by atoms with van der Waals surface area (Å²) in [5.74, 6) is -0.772. The van der Waals surface area contributed by atoms with Gasteiger partial charge in [0, 0.05) is 12.1 Å². The fraction of sp³-hybridized carbons (Fsp3) is 0.364. The van der Waals surface area contributed by atoms with Gasteiger partial charge in [-0.2, -0.15) is 0 Å². The molecule has 1 atom stereocenters. The molecule has 1 aliphatic rings. The van der Waals surface area contributed by atoms with Crippen molar-refractivity contribution < 1.29 is 24.3 Å². The monoisotopic (exact) mass is 268 g/mol. The van der Waals surface area contributed by atoms with E-state index in [1.165, 1.54) is 0 Å². The normalized spacial score (nSPS) is 18.8. The molecule has 0 spiro atoms. The maximum atomic E-state index is 11.8. The van der Waals surface area contributed by atoms with Crippen molar-refractivity contribution in [3.8, 4) is 5.75 Å². The molecule has 8 heteroatoms. The van der Waals surface area contributed by atoms with E-state index in [1.807, 2.05) is 0 Å². The summed E-state index contributed by atoms with van der Waals surface area (Å²) in [6.07, 6.45) is -0.785. The molecule has 0 bridgehead atoms. The quantitative estimate of drug-likeness (QED) is 0.473. The number of carbonyl (C=O) groups excluding carboxylic acids is 1. The Bertz CT molecular complexity index is 498. The molecule has 2 N–H and O–H groups in total. The Morgan fingerprint density at radius 3 is 2.89 bits per heavy atom. The van der Waals surface area contributed by atoms with Crippen molar-refractivity contribution in [2.75, 3.05) is 25.1 Å². The van der Waals surface area contributed by atoms with E-state index in [9.17, 15) is 20.0 Å². The van der Waals surface area contributed by atoms with Crippen LogP contribution in [0.1, 0.15) is 0 Å². The van der Waals surface area contributed by atoms with Gasteiger partial charge in [0.05, 0.1) is 30.4 Å². The average molecular weight is 268 g/mol. The molecule has 0 aliphatic carbocycles. The van der Waals surface area contributed by atoms with Gasteiger partial charge in [0.1, 0.15) is 5.75 Å². The number of benzene rings is 1. The number of hydrogen-bond donors (Lipinski definition) is 2. The minimum absolute atomic E-state index is 0.0339. The van der Waals surface area contributed by atoms with Crippen LogP contribution in [-0.4, -0.2) is 41.9 Å². The molecule has 1 unspecified atom stereocenters. The molecule has 1 heterocycles. The zero-order valence-corrected chi connectivity index (χ0v) is 9.87. The van der Waals surface area contributed by atoms with Crippen LogP contribution in [0.25, 0.3) is 0 Å². The molecule has 1 fully saturated rings. The molecule has 102 valence electrons. The summed E-state index contributed by atoms with van der Waals surface area (Å²) in [5.41, 5.74) is -0.262. The highest BCUT2D eigenvalue weighted by atomic mass is 16.6. The molecule has 8 nitrogen and oxygen atoms in total. The first-order valence-corrected chi connectivity index (χ1v) is 5.55. The number of carbonyl (C=O) groups is 1. The standard InChI is InChI=1S/C11H12N2O6/c14-9-2-1-7(13(16)17)5-8(9)12-11(15)10-6-18-3-4-19-10/h1-2,5,10,14H,3-4,6H2,(H,12,15). The van der Waals surface area contributed by atoms with Gasteiger partial charge in [0.25, 0.3) is 11.6 Å². The van der Waals surface area contributed by atoms with Crippen molar-refractivity contribution in [2.24, 2.45) is 0 Å². The van der Waals surface area contributed by atoms with Crippen molar-refractivity contribution in [1.82, 2.24) is 0 Å². The summed E-state index contributed by atoms with van der Waals surface area (Å²) in [6, 6.07) is 3.37. The van der Waals surface area contributed by atoms with Gasteiger partial charge in [-0.25, -0.2) is 0 Å². The zero-order chi connectivity index (χ0) is 13.8. The Balaban J connectivity index is 2.11. The fourth-order valence-corrected chi connectivity index (χ4v) is 1.59. The molecule has 1 saturated heterocycles. The Labute approximate surface area is 108 Å². The molecule has 1 aromatic rings. The maximum Gasteiger partial charge on any atom is 0.271 e. The number of ether oxygens (including phenoxy) is 2. The topological polar surface area (TPSA) is 111 Å². The molecule has 0 radical (unpaired) electrons. The van der Waals surface area contributed by atoms with Gasteiger partial charge in [0.2, 0.25) is 0 Å². The number of nitrogens with one attached hydrogen (secondary N) is 1. The number of hydrogen-bond acceptors (Lipinski definition) is 6. The van der Waals surface area contributed by atoms with Crippen LogP contribution >= 0.6 is 0 Å². The van der Waals surface area contributed by atoms with Gasteiger partial charge < -0.3 is 19.9 Å². The second-order valence-electron chi connectivity index (χ2n) is 3.88. The third kappa shape index (κ3) is 3.18. The van der Waals surface area contributed by atoms with Crippen LogP contribution in [0.5, 0.6) is 5.75 Å². The predicted octanol–water partition coefficient (Wildman–Crippen LogP) is 0.654. The first-order valence-electron chi connectivity index (χ1n) is 5.55. The van der Waals surface area contributed by atoms with Crippen LogP contribution < -0.4 is 5.32 Å². The SMILES string of the molecule is O=C(Nc1cc([N+](=O)[O-])ccc1O)C1COCCO1. The highest BCUT2D eigenvalue weighted by molar-refractivity contribution is 5.95. The number of nitro benzene ring substituents is 1. The number of rotatable bonds is 3. The number of nitro groups is 1. The first kappa shape index (κ1) is 13.2. The second-order valence-corrected chi connectivity index (χ2v) is 3.88. The number of phenolic OH excluding ortho intramolecular Hbond substituents is 1.